The van der Waals surface area contributed by atoms with Gasteiger partial charge >= 0.3 is 12.3 Å². The Bertz CT molecular complexity index is 983. The van der Waals surface area contributed by atoms with Crippen molar-refractivity contribution in [1.29, 1.82) is 0 Å². The summed E-state index contributed by atoms with van der Waals surface area (Å²) in [6.07, 6.45) is -4.78. The van der Waals surface area contributed by atoms with Crippen LogP contribution >= 0.6 is 0 Å². The molecule has 0 atom stereocenters. The quantitative estimate of drug-likeness (QED) is 0.654. The van der Waals surface area contributed by atoms with Gasteiger partial charge in [0.2, 0.25) is 0 Å². The molecule has 0 saturated carbocycles. The van der Waals surface area contributed by atoms with Gasteiger partial charge < -0.3 is 19.7 Å². The van der Waals surface area contributed by atoms with Gasteiger partial charge in [0.15, 0.2) is 5.75 Å². The van der Waals surface area contributed by atoms with E-state index in [-0.39, 0.29) is 35.8 Å². The van der Waals surface area contributed by atoms with Crippen LogP contribution in [0.4, 0.5) is 23.7 Å². The number of anilines is 1. The van der Waals surface area contributed by atoms with E-state index in [4.69, 9.17) is 9.47 Å². The molecule has 2 aromatic rings. The van der Waals surface area contributed by atoms with Crippen molar-refractivity contribution >= 4 is 17.7 Å². The molecule has 2 amide bonds. The fourth-order valence-corrected chi connectivity index (χ4v) is 3.06. The van der Waals surface area contributed by atoms with Crippen LogP contribution in [0.5, 0.6) is 11.5 Å². The first-order chi connectivity index (χ1) is 14.5. The molecule has 1 aliphatic heterocycles. The maximum atomic E-state index is 13.2. The number of nitrogens with zero attached hydrogens (tertiary/aromatic N) is 1. The topological polar surface area (TPSA) is 67.9 Å². The van der Waals surface area contributed by atoms with Crippen LogP contribution in [0, 0.1) is 0 Å². The summed E-state index contributed by atoms with van der Waals surface area (Å²) < 4.78 is 50.4. The number of rotatable bonds is 4. The Balaban J connectivity index is 1.82. The number of alkyl halides is 3. The van der Waals surface area contributed by atoms with Gasteiger partial charge in [-0.2, -0.15) is 13.2 Å². The Morgan fingerprint density at radius 1 is 1.10 bits per heavy atom. The lowest BCUT2D eigenvalue weighted by molar-refractivity contribution is -0.137. The van der Waals surface area contributed by atoms with E-state index >= 15 is 0 Å². The number of carbonyl (C=O) groups excluding carboxylic acids is 2. The van der Waals surface area contributed by atoms with E-state index in [0.717, 1.165) is 12.1 Å². The van der Waals surface area contributed by atoms with Crippen molar-refractivity contribution in [2.24, 2.45) is 0 Å². The van der Waals surface area contributed by atoms with E-state index in [1.54, 1.807) is 39.0 Å². The van der Waals surface area contributed by atoms with Crippen LogP contribution in [-0.2, 0) is 10.9 Å². The Kier molecular flexibility index (Phi) is 6.15. The summed E-state index contributed by atoms with van der Waals surface area (Å²) >= 11 is 0. The Morgan fingerprint density at radius 2 is 1.81 bits per heavy atom. The number of fused-ring (bicyclic) bond motifs is 2. The third-order valence-electron chi connectivity index (χ3n) is 4.39. The summed E-state index contributed by atoms with van der Waals surface area (Å²) in [7, 11) is 0. The third kappa shape index (κ3) is 5.48. The lowest BCUT2D eigenvalue weighted by Gasteiger charge is -2.23. The molecule has 0 aromatic heterocycles. The first kappa shape index (κ1) is 22.5. The minimum absolute atomic E-state index is 0.0618. The fraction of sp³-hybridized carbons (Fsp3) is 0.364. The van der Waals surface area contributed by atoms with Gasteiger partial charge in [-0.25, -0.2) is 4.79 Å². The average Bonchev–Trinajstić information content (AvgIpc) is 2.77. The second-order valence-electron chi connectivity index (χ2n) is 8.02. The van der Waals surface area contributed by atoms with Gasteiger partial charge in [0.25, 0.3) is 5.91 Å². The molecule has 0 bridgehead atoms. The van der Waals surface area contributed by atoms with Crippen molar-refractivity contribution in [3.63, 3.8) is 0 Å². The van der Waals surface area contributed by atoms with E-state index in [1.165, 1.54) is 17.0 Å². The number of ether oxygens (including phenoxy) is 2. The van der Waals surface area contributed by atoms with Gasteiger partial charge in [-0.1, -0.05) is 12.1 Å². The molecule has 0 aliphatic carbocycles. The van der Waals surface area contributed by atoms with Crippen LogP contribution in [-0.4, -0.2) is 30.7 Å². The van der Waals surface area contributed by atoms with Gasteiger partial charge in [0.1, 0.15) is 11.4 Å². The number of nitrogens with one attached hydrogen (secondary N) is 1. The highest BCUT2D eigenvalue weighted by atomic mass is 19.4. The highest BCUT2D eigenvalue weighted by Gasteiger charge is 2.34. The number of alkyl carbamates (subject to hydrolysis) is 1. The first-order valence-corrected chi connectivity index (χ1v) is 9.72. The van der Waals surface area contributed by atoms with Gasteiger partial charge in [0, 0.05) is 13.1 Å². The molecule has 31 heavy (non-hydrogen) atoms. The number of hydrogen-bond donors (Lipinski definition) is 1. The number of halogens is 3. The minimum Gasteiger partial charge on any atom is -0.454 e. The Hall–Kier alpha value is -3.23. The smallest absolute Gasteiger partial charge is 0.416 e. The van der Waals surface area contributed by atoms with Crippen LogP contribution in [0.3, 0.4) is 0 Å². The molecular weight excluding hydrogens is 413 g/mol. The van der Waals surface area contributed by atoms with Crippen molar-refractivity contribution in [2.45, 2.75) is 39.0 Å². The molecule has 166 valence electrons. The average molecular weight is 436 g/mol. The lowest BCUT2D eigenvalue weighted by atomic mass is 10.1. The van der Waals surface area contributed by atoms with Crippen LogP contribution in [0.15, 0.2) is 42.5 Å². The molecule has 0 spiro atoms. The first-order valence-electron chi connectivity index (χ1n) is 9.72. The summed E-state index contributed by atoms with van der Waals surface area (Å²) in [5, 5.41) is 2.60. The summed E-state index contributed by atoms with van der Waals surface area (Å²) in [4.78, 5) is 26.3. The van der Waals surface area contributed by atoms with E-state index in [9.17, 15) is 22.8 Å². The zero-order chi connectivity index (χ0) is 22.8. The van der Waals surface area contributed by atoms with E-state index in [2.05, 4.69) is 5.32 Å². The summed E-state index contributed by atoms with van der Waals surface area (Å²) in [5.74, 6) is -0.276. The molecule has 2 aromatic carbocycles. The molecule has 9 heteroatoms. The zero-order valence-electron chi connectivity index (χ0n) is 17.4. The minimum atomic E-state index is -4.55. The van der Waals surface area contributed by atoms with Gasteiger partial charge in [-0.05, 0) is 57.5 Å². The van der Waals surface area contributed by atoms with E-state index < -0.39 is 29.3 Å². The van der Waals surface area contributed by atoms with E-state index in [1.807, 2.05) is 0 Å². The molecule has 1 aliphatic rings. The highest BCUT2D eigenvalue weighted by molar-refractivity contribution is 6.09. The van der Waals surface area contributed by atoms with Crippen molar-refractivity contribution < 1.29 is 32.2 Å². The molecule has 0 radical (unpaired) electrons. The van der Waals surface area contributed by atoms with Crippen molar-refractivity contribution in [2.75, 3.05) is 18.0 Å². The number of amides is 2. The van der Waals surface area contributed by atoms with Crippen LogP contribution in [0.1, 0.15) is 43.1 Å². The van der Waals surface area contributed by atoms with Crippen molar-refractivity contribution in [3.8, 4) is 11.5 Å². The second kappa shape index (κ2) is 8.49. The Labute approximate surface area is 177 Å². The number of hydrogen-bond acceptors (Lipinski definition) is 4. The molecular formula is C22H23F3N2O4. The zero-order valence-corrected chi connectivity index (χ0v) is 17.4. The summed E-state index contributed by atoms with van der Waals surface area (Å²) in [6, 6.07) is 9.40. The molecule has 1 N–H and O–H groups in total. The normalized spacial score (nSPS) is 13.6. The SMILES string of the molecule is CC(C)(C)OC(=O)NCCCN1C(=O)c2ccccc2Oc2cc(C(F)(F)F)ccc21. The van der Waals surface area contributed by atoms with Crippen LogP contribution in [0.25, 0.3) is 0 Å². The Morgan fingerprint density at radius 3 is 2.48 bits per heavy atom. The maximum absolute atomic E-state index is 13.2. The fourth-order valence-electron chi connectivity index (χ4n) is 3.06. The molecule has 0 fully saturated rings. The van der Waals surface area contributed by atoms with Gasteiger partial charge in [-0.15, -0.1) is 0 Å². The van der Waals surface area contributed by atoms with Crippen LogP contribution < -0.4 is 15.0 Å². The highest BCUT2D eigenvalue weighted by Crippen LogP contribution is 2.42. The number of benzene rings is 2. The predicted octanol–water partition coefficient (Wildman–Crippen LogP) is 5.37. The molecule has 0 saturated heterocycles. The van der Waals surface area contributed by atoms with Crippen molar-refractivity contribution in [3.05, 3.63) is 53.6 Å². The monoisotopic (exact) mass is 436 g/mol. The van der Waals surface area contributed by atoms with E-state index in [0.29, 0.717) is 6.42 Å². The maximum Gasteiger partial charge on any atom is 0.416 e. The number of para-hydroxylation sites is 1. The third-order valence-corrected chi connectivity index (χ3v) is 4.39. The largest absolute Gasteiger partial charge is 0.454 e. The second-order valence-corrected chi connectivity index (χ2v) is 8.02. The lowest BCUT2D eigenvalue weighted by Crippen LogP contribution is -2.36. The molecule has 3 rings (SSSR count). The summed E-state index contributed by atoms with van der Waals surface area (Å²) in [5.41, 5.74) is -1.04. The molecule has 1 heterocycles. The van der Waals surface area contributed by atoms with Crippen LogP contribution in [0.2, 0.25) is 0 Å². The summed E-state index contributed by atoms with van der Waals surface area (Å²) in [6.45, 7) is 5.60. The van der Waals surface area contributed by atoms with Gasteiger partial charge in [-0.3, -0.25) is 4.79 Å². The predicted molar refractivity (Wildman–Crippen MR) is 108 cm³/mol. The van der Waals surface area contributed by atoms with Gasteiger partial charge in [0.05, 0.1) is 16.8 Å². The van der Waals surface area contributed by atoms with Crippen molar-refractivity contribution in [1.82, 2.24) is 5.32 Å². The standard InChI is InChI=1S/C22H23F3N2O4/c1-21(2,3)31-20(29)26-11-6-12-27-16-10-9-14(22(23,24)25)13-18(16)30-17-8-5-4-7-15(17)19(27)28/h4-5,7-10,13H,6,11-12H2,1-3H3,(H,26,29). The number of carbonyl (C=O) groups is 2. The molecule has 6 nitrogen and oxygen atoms in total. The molecule has 0 unspecified atom stereocenters.